The molecule has 0 aliphatic heterocycles. The van der Waals surface area contributed by atoms with Crippen LogP contribution in [0.25, 0.3) is 11.1 Å². The number of hydrogen-bond acceptors (Lipinski definition) is 0. The van der Waals surface area contributed by atoms with E-state index in [4.69, 9.17) is 0 Å². The van der Waals surface area contributed by atoms with Crippen molar-refractivity contribution in [2.75, 3.05) is 0 Å². The molecule has 1 aliphatic carbocycles. The van der Waals surface area contributed by atoms with Crippen LogP contribution in [0.4, 0.5) is 0 Å². The van der Waals surface area contributed by atoms with Gasteiger partial charge in [-0.1, -0.05) is 79.7 Å². The lowest BCUT2D eigenvalue weighted by molar-refractivity contribution is 1.01. The normalized spacial score (nSPS) is 13.0. The first-order valence-corrected chi connectivity index (χ1v) is 7.65. The predicted molar refractivity (Wildman–Crippen MR) is 88.6 cm³/mol. The molecule has 0 amide bonds. The molecule has 0 saturated carbocycles. The first kappa shape index (κ1) is 12.4. The minimum atomic E-state index is 0.378. The van der Waals surface area contributed by atoms with Crippen LogP contribution in [-0.2, 0) is 6.42 Å². The van der Waals surface area contributed by atoms with Crippen molar-refractivity contribution in [1.29, 1.82) is 0 Å². The predicted octanol–water partition coefficient (Wildman–Crippen LogP) is 5.41. The van der Waals surface area contributed by atoms with E-state index in [1.165, 1.54) is 33.4 Å². The highest BCUT2D eigenvalue weighted by Crippen LogP contribution is 2.47. The lowest BCUT2D eigenvalue weighted by Gasteiger charge is -2.14. The third kappa shape index (κ3) is 1.91. The molecular formula is C21H18. The van der Waals surface area contributed by atoms with E-state index in [1.54, 1.807) is 0 Å². The molecule has 0 fully saturated rings. The van der Waals surface area contributed by atoms with Gasteiger partial charge in [0.05, 0.1) is 0 Å². The molecular weight excluding hydrogens is 252 g/mol. The SMILES string of the molecule is CCc1ccc(C2c3ccccc3-c3ccccc32)cc1. The molecule has 0 heterocycles. The Morgan fingerprint density at radius 1 is 0.667 bits per heavy atom. The fourth-order valence-electron chi connectivity index (χ4n) is 3.46. The van der Waals surface area contributed by atoms with Gasteiger partial charge in [-0.25, -0.2) is 0 Å². The second-order valence-corrected chi connectivity index (χ2v) is 5.70. The Labute approximate surface area is 126 Å². The summed E-state index contributed by atoms with van der Waals surface area (Å²) in [5, 5.41) is 0. The highest BCUT2D eigenvalue weighted by atomic mass is 14.3. The van der Waals surface area contributed by atoms with E-state index >= 15 is 0 Å². The van der Waals surface area contributed by atoms with Gasteiger partial charge in [0.1, 0.15) is 0 Å². The molecule has 3 aromatic rings. The highest BCUT2D eigenvalue weighted by molar-refractivity contribution is 5.80. The summed E-state index contributed by atoms with van der Waals surface area (Å²) in [6, 6.07) is 26.7. The maximum absolute atomic E-state index is 2.29. The maximum atomic E-state index is 2.29. The second-order valence-electron chi connectivity index (χ2n) is 5.70. The van der Waals surface area contributed by atoms with Gasteiger partial charge in [0.2, 0.25) is 0 Å². The summed E-state index contributed by atoms with van der Waals surface area (Å²) in [5.41, 5.74) is 8.43. The van der Waals surface area contributed by atoms with Crippen molar-refractivity contribution in [2.45, 2.75) is 19.3 Å². The van der Waals surface area contributed by atoms with Crippen molar-refractivity contribution in [3.8, 4) is 11.1 Å². The van der Waals surface area contributed by atoms with Crippen LogP contribution in [0.3, 0.4) is 0 Å². The van der Waals surface area contributed by atoms with E-state index in [-0.39, 0.29) is 0 Å². The molecule has 0 bridgehead atoms. The van der Waals surface area contributed by atoms with E-state index in [1.807, 2.05) is 0 Å². The second kappa shape index (κ2) is 4.89. The number of fused-ring (bicyclic) bond motifs is 3. The molecule has 4 rings (SSSR count). The van der Waals surface area contributed by atoms with Crippen molar-refractivity contribution in [3.05, 3.63) is 95.1 Å². The summed E-state index contributed by atoms with van der Waals surface area (Å²) in [5.74, 6) is 0.378. The van der Waals surface area contributed by atoms with Crippen molar-refractivity contribution < 1.29 is 0 Å². The lowest BCUT2D eigenvalue weighted by Crippen LogP contribution is -1.99. The monoisotopic (exact) mass is 270 g/mol. The van der Waals surface area contributed by atoms with Gasteiger partial charge in [0, 0.05) is 5.92 Å². The van der Waals surface area contributed by atoms with Gasteiger partial charge in [-0.05, 0) is 39.8 Å². The van der Waals surface area contributed by atoms with Gasteiger partial charge in [-0.15, -0.1) is 0 Å². The van der Waals surface area contributed by atoms with Gasteiger partial charge in [-0.2, -0.15) is 0 Å². The smallest absolute Gasteiger partial charge is 0.0352 e. The molecule has 1 aliphatic rings. The largest absolute Gasteiger partial charge is 0.0619 e. The van der Waals surface area contributed by atoms with Crippen LogP contribution in [0.15, 0.2) is 72.8 Å². The molecule has 21 heavy (non-hydrogen) atoms. The number of benzene rings is 3. The minimum absolute atomic E-state index is 0.378. The summed E-state index contributed by atoms with van der Waals surface area (Å²) >= 11 is 0. The Kier molecular flexibility index (Phi) is 2.89. The van der Waals surface area contributed by atoms with Crippen LogP contribution < -0.4 is 0 Å². The van der Waals surface area contributed by atoms with E-state index in [9.17, 15) is 0 Å². The fraction of sp³-hybridized carbons (Fsp3) is 0.143. The molecule has 0 heteroatoms. The van der Waals surface area contributed by atoms with Crippen LogP contribution in [0.5, 0.6) is 0 Å². The van der Waals surface area contributed by atoms with Gasteiger partial charge in [-0.3, -0.25) is 0 Å². The van der Waals surface area contributed by atoms with Crippen LogP contribution in [0.2, 0.25) is 0 Å². The molecule has 0 aromatic heterocycles. The third-order valence-electron chi connectivity index (χ3n) is 4.56. The zero-order chi connectivity index (χ0) is 14.2. The standard InChI is InChI=1S/C21H18/c1-2-15-11-13-16(14-12-15)21-19-9-5-3-7-17(19)18-8-4-6-10-20(18)21/h3-14,21H,2H2,1H3. The maximum Gasteiger partial charge on any atom is 0.0352 e. The topological polar surface area (TPSA) is 0 Å². The Morgan fingerprint density at radius 3 is 1.71 bits per heavy atom. The van der Waals surface area contributed by atoms with Crippen molar-refractivity contribution in [3.63, 3.8) is 0 Å². The van der Waals surface area contributed by atoms with E-state index < -0.39 is 0 Å². The summed E-state index contributed by atoms with van der Waals surface area (Å²) < 4.78 is 0. The summed E-state index contributed by atoms with van der Waals surface area (Å²) in [6.45, 7) is 2.20. The van der Waals surface area contributed by atoms with Gasteiger partial charge >= 0.3 is 0 Å². The lowest BCUT2D eigenvalue weighted by atomic mass is 9.89. The molecule has 0 unspecified atom stereocenters. The summed E-state index contributed by atoms with van der Waals surface area (Å²) in [7, 11) is 0. The van der Waals surface area contributed by atoms with Crippen LogP contribution in [0.1, 0.15) is 35.1 Å². The molecule has 3 aromatic carbocycles. The minimum Gasteiger partial charge on any atom is -0.0619 e. The molecule has 0 radical (unpaired) electrons. The van der Waals surface area contributed by atoms with E-state index in [0.717, 1.165) is 6.42 Å². The van der Waals surface area contributed by atoms with Gasteiger partial charge in [0.25, 0.3) is 0 Å². The van der Waals surface area contributed by atoms with E-state index in [2.05, 4.69) is 79.7 Å². The van der Waals surface area contributed by atoms with Crippen molar-refractivity contribution in [1.82, 2.24) is 0 Å². The zero-order valence-corrected chi connectivity index (χ0v) is 12.2. The van der Waals surface area contributed by atoms with Gasteiger partial charge < -0.3 is 0 Å². The molecule has 0 saturated heterocycles. The van der Waals surface area contributed by atoms with Crippen LogP contribution in [-0.4, -0.2) is 0 Å². The number of rotatable bonds is 2. The molecule has 102 valence electrons. The van der Waals surface area contributed by atoms with Gasteiger partial charge in [0.15, 0.2) is 0 Å². The summed E-state index contributed by atoms with van der Waals surface area (Å²) in [4.78, 5) is 0. The Balaban J connectivity index is 1.91. The van der Waals surface area contributed by atoms with Crippen molar-refractivity contribution in [2.24, 2.45) is 0 Å². The van der Waals surface area contributed by atoms with Crippen LogP contribution in [0, 0.1) is 0 Å². The van der Waals surface area contributed by atoms with Crippen LogP contribution >= 0.6 is 0 Å². The third-order valence-corrected chi connectivity index (χ3v) is 4.56. The molecule has 0 spiro atoms. The average Bonchev–Trinajstić information content (AvgIpc) is 2.90. The number of hydrogen-bond donors (Lipinski definition) is 0. The average molecular weight is 270 g/mol. The summed E-state index contributed by atoms with van der Waals surface area (Å²) in [6.07, 6.45) is 1.10. The van der Waals surface area contributed by atoms with Crippen molar-refractivity contribution >= 4 is 0 Å². The Bertz CT molecular complexity index is 736. The Hall–Kier alpha value is -2.34. The first-order valence-electron chi connectivity index (χ1n) is 7.65. The quantitative estimate of drug-likeness (QED) is 0.457. The molecule has 0 atom stereocenters. The fourth-order valence-corrected chi connectivity index (χ4v) is 3.46. The first-order chi connectivity index (χ1) is 10.4. The number of aryl methyl sites for hydroxylation is 1. The highest BCUT2D eigenvalue weighted by Gasteiger charge is 2.28. The Morgan fingerprint density at radius 2 is 1.19 bits per heavy atom. The molecule has 0 N–H and O–H groups in total. The molecule has 0 nitrogen and oxygen atoms in total. The van der Waals surface area contributed by atoms with E-state index in [0.29, 0.717) is 5.92 Å². The zero-order valence-electron chi connectivity index (χ0n) is 12.2.